The summed E-state index contributed by atoms with van der Waals surface area (Å²) in [6, 6.07) is 3.88. The van der Waals surface area contributed by atoms with Gasteiger partial charge in [0.25, 0.3) is 0 Å². The van der Waals surface area contributed by atoms with Crippen molar-refractivity contribution in [3.05, 3.63) is 29.1 Å². The summed E-state index contributed by atoms with van der Waals surface area (Å²) in [5.41, 5.74) is 7.92. The van der Waals surface area contributed by atoms with Crippen LogP contribution in [0.15, 0.2) is 12.1 Å². The van der Waals surface area contributed by atoms with Crippen LogP contribution in [0.3, 0.4) is 0 Å². The molecule has 2 rings (SSSR count). The predicted octanol–water partition coefficient (Wildman–Crippen LogP) is 1.79. The summed E-state index contributed by atoms with van der Waals surface area (Å²) in [7, 11) is 0. The zero-order chi connectivity index (χ0) is 13.3. The number of nitrogens with zero attached hydrogens (tertiary/aromatic N) is 2. The molecule has 1 aromatic heterocycles. The number of fused-ring (bicyclic) bond motifs is 1. The van der Waals surface area contributed by atoms with Crippen LogP contribution in [0.2, 0.25) is 0 Å². The predicted molar refractivity (Wildman–Crippen MR) is 67.6 cm³/mol. The van der Waals surface area contributed by atoms with E-state index in [4.69, 9.17) is 10.5 Å². The van der Waals surface area contributed by atoms with Gasteiger partial charge in [0.2, 0.25) is 0 Å². The fourth-order valence-electron chi connectivity index (χ4n) is 1.87. The van der Waals surface area contributed by atoms with Crippen LogP contribution in [0, 0.1) is 0 Å². The Morgan fingerprint density at radius 1 is 1.44 bits per heavy atom. The zero-order valence-electron chi connectivity index (χ0n) is 11.1. The fraction of sp³-hybridized carbons (Fsp3) is 0.538. The molecule has 5 heteroatoms. The molecular weight excluding hydrogens is 230 g/mol. The molecule has 0 saturated heterocycles. The van der Waals surface area contributed by atoms with E-state index in [9.17, 15) is 4.79 Å². The van der Waals surface area contributed by atoms with Crippen LogP contribution in [0.4, 0.5) is 4.79 Å². The zero-order valence-corrected chi connectivity index (χ0v) is 11.1. The lowest BCUT2D eigenvalue weighted by molar-refractivity contribution is 0.0240. The van der Waals surface area contributed by atoms with E-state index in [1.165, 1.54) is 0 Å². The van der Waals surface area contributed by atoms with Gasteiger partial charge >= 0.3 is 6.09 Å². The number of aromatic nitrogens is 1. The quantitative estimate of drug-likeness (QED) is 0.824. The Labute approximate surface area is 107 Å². The smallest absolute Gasteiger partial charge is 0.410 e. The second kappa shape index (κ2) is 4.57. The molecule has 0 atom stereocenters. The summed E-state index contributed by atoms with van der Waals surface area (Å²) >= 11 is 0. The van der Waals surface area contributed by atoms with Gasteiger partial charge in [0.05, 0.1) is 24.5 Å². The monoisotopic (exact) mass is 249 g/mol. The molecule has 18 heavy (non-hydrogen) atoms. The number of amides is 1. The van der Waals surface area contributed by atoms with Crippen LogP contribution in [0.5, 0.6) is 0 Å². The lowest BCUT2D eigenvalue weighted by atomic mass is 10.2. The van der Waals surface area contributed by atoms with Gasteiger partial charge < -0.3 is 10.5 Å². The summed E-state index contributed by atoms with van der Waals surface area (Å²) in [5, 5.41) is 0. The van der Waals surface area contributed by atoms with Gasteiger partial charge in [0.1, 0.15) is 5.60 Å². The molecule has 2 N–H and O–H groups in total. The second-order valence-electron chi connectivity index (χ2n) is 5.45. The van der Waals surface area contributed by atoms with Gasteiger partial charge in [-0.3, -0.25) is 9.88 Å². The van der Waals surface area contributed by atoms with Crippen LogP contribution < -0.4 is 5.73 Å². The Hall–Kier alpha value is -1.62. The van der Waals surface area contributed by atoms with E-state index in [1.54, 1.807) is 4.90 Å². The molecule has 0 fully saturated rings. The van der Waals surface area contributed by atoms with E-state index < -0.39 is 5.60 Å². The van der Waals surface area contributed by atoms with E-state index in [-0.39, 0.29) is 6.09 Å². The maximum atomic E-state index is 11.9. The van der Waals surface area contributed by atoms with Gasteiger partial charge in [0, 0.05) is 6.54 Å². The average molecular weight is 249 g/mol. The van der Waals surface area contributed by atoms with Crippen molar-refractivity contribution in [1.29, 1.82) is 0 Å². The van der Waals surface area contributed by atoms with Crippen molar-refractivity contribution in [3.63, 3.8) is 0 Å². The number of rotatable bonds is 1. The third-order valence-electron chi connectivity index (χ3n) is 2.69. The minimum Gasteiger partial charge on any atom is -0.444 e. The first-order valence-electron chi connectivity index (χ1n) is 6.05. The minimum absolute atomic E-state index is 0.296. The van der Waals surface area contributed by atoms with Gasteiger partial charge in [-0.2, -0.15) is 0 Å². The van der Waals surface area contributed by atoms with Crippen molar-refractivity contribution in [3.8, 4) is 0 Å². The molecule has 1 aliphatic rings. The molecule has 98 valence electrons. The number of carbonyl (C=O) groups excluding carboxylic acids is 1. The SMILES string of the molecule is CC(C)(C)OC(=O)N1Cc2ccc(CN)nc2C1. The molecule has 1 amide bonds. The summed E-state index contributed by atoms with van der Waals surface area (Å²) in [5.74, 6) is 0. The molecule has 1 aromatic rings. The number of pyridine rings is 1. The molecule has 0 radical (unpaired) electrons. The van der Waals surface area contributed by atoms with E-state index in [0.29, 0.717) is 19.6 Å². The Morgan fingerprint density at radius 2 is 2.17 bits per heavy atom. The highest BCUT2D eigenvalue weighted by molar-refractivity contribution is 5.69. The van der Waals surface area contributed by atoms with Crippen molar-refractivity contribution in [2.75, 3.05) is 0 Å². The maximum Gasteiger partial charge on any atom is 0.410 e. The van der Waals surface area contributed by atoms with E-state index in [0.717, 1.165) is 17.0 Å². The molecule has 0 unspecified atom stereocenters. The van der Waals surface area contributed by atoms with Crippen molar-refractivity contribution in [2.24, 2.45) is 5.73 Å². The minimum atomic E-state index is -0.471. The van der Waals surface area contributed by atoms with Gasteiger partial charge in [-0.15, -0.1) is 0 Å². The van der Waals surface area contributed by atoms with E-state index in [2.05, 4.69) is 4.98 Å². The van der Waals surface area contributed by atoms with E-state index >= 15 is 0 Å². The molecule has 5 nitrogen and oxygen atoms in total. The van der Waals surface area contributed by atoms with Crippen molar-refractivity contribution in [2.45, 2.75) is 46.0 Å². The van der Waals surface area contributed by atoms with Gasteiger partial charge in [0.15, 0.2) is 0 Å². The Kier molecular flexibility index (Phi) is 3.26. The van der Waals surface area contributed by atoms with Gasteiger partial charge in [-0.1, -0.05) is 6.07 Å². The molecule has 0 spiro atoms. The average Bonchev–Trinajstić information content (AvgIpc) is 2.69. The lowest BCUT2D eigenvalue weighted by Gasteiger charge is -2.23. The summed E-state index contributed by atoms with van der Waals surface area (Å²) in [6.45, 7) is 7.05. The van der Waals surface area contributed by atoms with Crippen LogP contribution >= 0.6 is 0 Å². The fourth-order valence-corrected chi connectivity index (χ4v) is 1.87. The summed E-state index contributed by atoms with van der Waals surface area (Å²) < 4.78 is 5.34. The van der Waals surface area contributed by atoms with E-state index in [1.807, 2.05) is 32.9 Å². The number of nitrogens with two attached hydrogens (primary N) is 1. The third-order valence-corrected chi connectivity index (χ3v) is 2.69. The first kappa shape index (κ1) is 12.8. The second-order valence-corrected chi connectivity index (χ2v) is 5.45. The highest BCUT2D eigenvalue weighted by Gasteiger charge is 2.28. The Balaban J connectivity index is 2.08. The van der Waals surface area contributed by atoms with Crippen LogP contribution in [-0.4, -0.2) is 21.6 Å². The molecule has 1 aliphatic heterocycles. The number of carbonyl (C=O) groups is 1. The number of hydrogen-bond donors (Lipinski definition) is 1. The Bertz CT molecular complexity index is 466. The summed E-state index contributed by atoms with van der Waals surface area (Å²) in [4.78, 5) is 18.0. The largest absolute Gasteiger partial charge is 0.444 e. The molecule has 0 bridgehead atoms. The topological polar surface area (TPSA) is 68.5 Å². The lowest BCUT2D eigenvalue weighted by Crippen LogP contribution is -2.33. The first-order chi connectivity index (χ1) is 8.39. The van der Waals surface area contributed by atoms with Crippen molar-refractivity contribution >= 4 is 6.09 Å². The normalized spacial score (nSPS) is 14.6. The molecular formula is C13H19N3O2. The van der Waals surface area contributed by atoms with Crippen LogP contribution in [-0.2, 0) is 24.4 Å². The molecule has 0 aliphatic carbocycles. The highest BCUT2D eigenvalue weighted by atomic mass is 16.6. The van der Waals surface area contributed by atoms with Gasteiger partial charge in [-0.25, -0.2) is 4.79 Å². The number of hydrogen-bond acceptors (Lipinski definition) is 4. The van der Waals surface area contributed by atoms with Crippen molar-refractivity contribution < 1.29 is 9.53 Å². The molecule has 0 saturated carbocycles. The first-order valence-corrected chi connectivity index (χ1v) is 6.05. The summed E-state index contributed by atoms with van der Waals surface area (Å²) in [6.07, 6.45) is -0.296. The maximum absolute atomic E-state index is 11.9. The van der Waals surface area contributed by atoms with Crippen LogP contribution in [0.25, 0.3) is 0 Å². The third kappa shape index (κ3) is 2.79. The number of ether oxygens (including phenoxy) is 1. The Morgan fingerprint density at radius 3 is 2.78 bits per heavy atom. The highest BCUT2D eigenvalue weighted by Crippen LogP contribution is 2.23. The molecule has 2 heterocycles. The molecule has 0 aromatic carbocycles. The standard InChI is InChI=1S/C13H19N3O2/c1-13(2,3)18-12(17)16-7-9-4-5-10(6-14)15-11(9)8-16/h4-5H,6-8,14H2,1-3H3. The van der Waals surface area contributed by atoms with Crippen molar-refractivity contribution in [1.82, 2.24) is 9.88 Å². The van der Waals surface area contributed by atoms with Crippen LogP contribution in [0.1, 0.15) is 37.7 Å². The van der Waals surface area contributed by atoms with Gasteiger partial charge in [-0.05, 0) is 32.4 Å².